The van der Waals surface area contributed by atoms with Crippen molar-refractivity contribution in [2.75, 3.05) is 0 Å². The molecule has 2 fully saturated rings. The highest BCUT2D eigenvalue weighted by atomic mass is 16.3. The number of hydrogen-bond donors (Lipinski definition) is 1. The Kier molecular flexibility index (Phi) is 3.02. The Labute approximate surface area is 124 Å². The van der Waals surface area contributed by atoms with Crippen molar-refractivity contribution < 1.29 is 5.11 Å². The van der Waals surface area contributed by atoms with Crippen LogP contribution in [0.5, 0.6) is 0 Å². The summed E-state index contributed by atoms with van der Waals surface area (Å²) in [6, 6.07) is 0. The van der Waals surface area contributed by atoms with E-state index in [1.165, 1.54) is 32.1 Å². The normalized spacial score (nSPS) is 40.6. The average molecular weight is 276 g/mol. The zero-order valence-corrected chi connectivity index (χ0v) is 14.2. The molecule has 0 heterocycles. The number of hydrogen-bond acceptors (Lipinski definition) is 1. The van der Waals surface area contributed by atoms with E-state index in [2.05, 4.69) is 34.6 Å². The Hall–Kier alpha value is -0.300. The van der Waals surface area contributed by atoms with E-state index in [4.69, 9.17) is 0 Å². The van der Waals surface area contributed by atoms with E-state index in [9.17, 15) is 5.11 Å². The van der Waals surface area contributed by atoms with E-state index < -0.39 is 0 Å². The third-order valence-corrected chi connectivity index (χ3v) is 7.57. The summed E-state index contributed by atoms with van der Waals surface area (Å²) >= 11 is 0. The lowest BCUT2D eigenvalue weighted by molar-refractivity contribution is 0.0736. The maximum absolute atomic E-state index is 10.1. The molecule has 2 saturated carbocycles. The minimum Gasteiger partial charge on any atom is -0.393 e. The second-order valence-electron chi connectivity index (χ2n) is 9.06. The second-order valence-corrected chi connectivity index (χ2v) is 9.06. The second kappa shape index (κ2) is 4.12. The van der Waals surface area contributed by atoms with E-state index in [1.807, 2.05) is 6.92 Å². The molecule has 20 heavy (non-hydrogen) atoms. The van der Waals surface area contributed by atoms with Gasteiger partial charge in [0.05, 0.1) is 6.10 Å². The molecule has 4 unspecified atom stereocenters. The highest BCUT2D eigenvalue weighted by Crippen LogP contribution is 2.75. The molecule has 2 bridgehead atoms. The number of aliphatic hydroxyl groups excluding tert-OH is 1. The van der Waals surface area contributed by atoms with Crippen molar-refractivity contribution in [2.24, 2.45) is 28.1 Å². The Balaban J connectivity index is 2.19. The molecule has 3 aliphatic rings. The smallest absolute Gasteiger partial charge is 0.0574 e. The molecule has 1 N–H and O–H groups in total. The molecule has 114 valence electrons. The standard InChI is InChI=1S/C19H32O/c1-12(13(2)20)15-8-9-17(3,4)19-10-7-14(11-19)18(5,6)16(15)19/h12-14,20H,7-11H2,1-6H3. The molecule has 3 rings (SSSR count). The molecule has 0 aliphatic heterocycles. The van der Waals surface area contributed by atoms with Gasteiger partial charge in [0.2, 0.25) is 0 Å². The van der Waals surface area contributed by atoms with Crippen LogP contribution in [0.4, 0.5) is 0 Å². The van der Waals surface area contributed by atoms with Gasteiger partial charge in [-0.3, -0.25) is 0 Å². The fraction of sp³-hybridized carbons (Fsp3) is 0.895. The molecule has 1 nitrogen and oxygen atoms in total. The maximum atomic E-state index is 10.1. The maximum Gasteiger partial charge on any atom is 0.0574 e. The first-order chi connectivity index (χ1) is 9.13. The predicted octanol–water partition coefficient (Wildman–Crippen LogP) is 4.95. The topological polar surface area (TPSA) is 20.2 Å². The van der Waals surface area contributed by atoms with Gasteiger partial charge in [-0.25, -0.2) is 0 Å². The Morgan fingerprint density at radius 2 is 1.75 bits per heavy atom. The molecule has 4 atom stereocenters. The highest BCUT2D eigenvalue weighted by molar-refractivity contribution is 5.42. The number of allylic oxidation sites excluding steroid dienone is 1. The quantitative estimate of drug-likeness (QED) is 0.708. The van der Waals surface area contributed by atoms with Gasteiger partial charge in [0, 0.05) is 5.92 Å². The zero-order chi connectivity index (χ0) is 14.9. The molecule has 0 aromatic rings. The molecule has 0 aromatic carbocycles. The van der Waals surface area contributed by atoms with Crippen molar-refractivity contribution in [3.05, 3.63) is 11.1 Å². The van der Waals surface area contributed by atoms with Gasteiger partial charge in [-0.15, -0.1) is 0 Å². The van der Waals surface area contributed by atoms with Crippen molar-refractivity contribution >= 4 is 0 Å². The van der Waals surface area contributed by atoms with Crippen LogP contribution in [0.1, 0.15) is 73.6 Å². The Morgan fingerprint density at radius 1 is 1.10 bits per heavy atom. The molecule has 1 heteroatoms. The Bertz CT molecular complexity index is 454. The summed E-state index contributed by atoms with van der Waals surface area (Å²) in [6.45, 7) is 14.2. The molecule has 3 aliphatic carbocycles. The molecule has 1 spiro atoms. The largest absolute Gasteiger partial charge is 0.393 e. The third kappa shape index (κ3) is 1.59. The van der Waals surface area contributed by atoms with E-state index in [0.717, 1.165) is 5.92 Å². The molecule has 0 amide bonds. The first kappa shape index (κ1) is 14.6. The summed E-state index contributed by atoms with van der Waals surface area (Å²) < 4.78 is 0. The summed E-state index contributed by atoms with van der Waals surface area (Å²) in [5, 5.41) is 10.1. The molecular weight excluding hydrogens is 244 g/mol. The van der Waals surface area contributed by atoms with Gasteiger partial charge in [-0.05, 0) is 61.2 Å². The van der Waals surface area contributed by atoms with Crippen molar-refractivity contribution in [3.63, 3.8) is 0 Å². The lowest BCUT2D eigenvalue weighted by atomic mass is 9.51. The van der Waals surface area contributed by atoms with Crippen LogP contribution in [-0.2, 0) is 0 Å². The van der Waals surface area contributed by atoms with Crippen LogP contribution in [-0.4, -0.2) is 11.2 Å². The van der Waals surface area contributed by atoms with Crippen molar-refractivity contribution in [1.82, 2.24) is 0 Å². The van der Waals surface area contributed by atoms with E-state index in [1.54, 1.807) is 11.1 Å². The number of aliphatic hydroxyl groups is 1. The minimum atomic E-state index is -0.217. The average Bonchev–Trinajstić information content (AvgIpc) is 2.86. The summed E-state index contributed by atoms with van der Waals surface area (Å²) in [4.78, 5) is 0. The van der Waals surface area contributed by atoms with Gasteiger partial charge < -0.3 is 5.11 Å². The first-order valence-corrected chi connectivity index (χ1v) is 8.55. The van der Waals surface area contributed by atoms with Gasteiger partial charge >= 0.3 is 0 Å². The number of fused-ring (bicyclic) bond motifs is 1. The van der Waals surface area contributed by atoms with E-state index in [-0.39, 0.29) is 6.10 Å². The third-order valence-electron chi connectivity index (χ3n) is 7.57. The van der Waals surface area contributed by atoms with Gasteiger partial charge in [-0.2, -0.15) is 0 Å². The van der Waals surface area contributed by atoms with Gasteiger partial charge in [0.25, 0.3) is 0 Å². The summed E-state index contributed by atoms with van der Waals surface area (Å²) in [5.41, 5.74) is 4.62. The minimum absolute atomic E-state index is 0.217. The van der Waals surface area contributed by atoms with Crippen LogP contribution in [0, 0.1) is 28.1 Å². The summed E-state index contributed by atoms with van der Waals surface area (Å²) in [5.74, 6) is 1.20. The molecule has 0 radical (unpaired) electrons. The lowest BCUT2D eigenvalue weighted by Crippen LogP contribution is -2.44. The molecule has 0 aromatic heterocycles. The van der Waals surface area contributed by atoms with Gasteiger partial charge in [0.15, 0.2) is 0 Å². The van der Waals surface area contributed by atoms with Crippen LogP contribution in [0.15, 0.2) is 11.1 Å². The van der Waals surface area contributed by atoms with Crippen LogP contribution in [0.2, 0.25) is 0 Å². The molecule has 0 saturated heterocycles. The van der Waals surface area contributed by atoms with Crippen molar-refractivity contribution in [2.45, 2.75) is 79.8 Å². The number of rotatable bonds is 2. The van der Waals surface area contributed by atoms with Gasteiger partial charge in [0.1, 0.15) is 0 Å². The van der Waals surface area contributed by atoms with Crippen LogP contribution < -0.4 is 0 Å². The fourth-order valence-electron chi connectivity index (χ4n) is 5.94. The molecular formula is C19H32O. The summed E-state index contributed by atoms with van der Waals surface area (Å²) in [6.07, 6.45) is 6.48. The van der Waals surface area contributed by atoms with Crippen LogP contribution in [0.3, 0.4) is 0 Å². The van der Waals surface area contributed by atoms with Crippen LogP contribution in [0.25, 0.3) is 0 Å². The van der Waals surface area contributed by atoms with Crippen LogP contribution >= 0.6 is 0 Å². The highest BCUT2D eigenvalue weighted by Gasteiger charge is 2.65. The van der Waals surface area contributed by atoms with Crippen molar-refractivity contribution in [1.29, 1.82) is 0 Å². The lowest BCUT2D eigenvalue weighted by Gasteiger charge is -2.54. The predicted molar refractivity (Wildman–Crippen MR) is 84.4 cm³/mol. The summed E-state index contributed by atoms with van der Waals surface area (Å²) in [7, 11) is 0. The van der Waals surface area contributed by atoms with E-state index >= 15 is 0 Å². The van der Waals surface area contributed by atoms with E-state index in [0.29, 0.717) is 22.2 Å². The van der Waals surface area contributed by atoms with Crippen molar-refractivity contribution in [3.8, 4) is 0 Å². The fourth-order valence-corrected chi connectivity index (χ4v) is 5.94. The first-order valence-electron chi connectivity index (χ1n) is 8.55. The zero-order valence-electron chi connectivity index (χ0n) is 14.2. The Morgan fingerprint density at radius 3 is 2.35 bits per heavy atom. The van der Waals surface area contributed by atoms with Gasteiger partial charge in [-0.1, -0.05) is 45.8 Å². The SMILES string of the molecule is CC(O)C(C)C1=C2C(C)(C)C3CCC2(C3)C(C)(C)CC1. The monoisotopic (exact) mass is 276 g/mol.